The van der Waals surface area contributed by atoms with E-state index >= 15 is 0 Å². The van der Waals surface area contributed by atoms with Crippen molar-refractivity contribution >= 4 is 18.0 Å². The van der Waals surface area contributed by atoms with Crippen LogP contribution in [0.4, 0.5) is 0 Å². The van der Waals surface area contributed by atoms with Gasteiger partial charge < -0.3 is 4.98 Å². The predicted molar refractivity (Wildman–Crippen MR) is 40.5 cm³/mol. The Morgan fingerprint density at radius 2 is 2.44 bits per heavy atom. The van der Waals surface area contributed by atoms with Gasteiger partial charge in [0.2, 0.25) is 0 Å². The Bertz CT molecular complexity index is 179. The van der Waals surface area contributed by atoms with Crippen molar-refractivity contribution in [2.24, 2.45) is 0 Å². The van der Waals surface area contributed by atoms with Gasteiger partial charge in [0.05, 0.1) is 0 Å². The summed E-state index contributed by atoms with van der Waals surface area (Å²) in [4.78, 5) is 6.89. The standard InChI is InChI=1S/C6H8N2.ClH/c1-5(2)6-7-3-4-8-6;/h3-4H,1H2,2H3,(H,7,8);1H. The summed E-state index contributed by atoms with van der Waals surface area (Å²) in [6.45, 7) is 5.62. The molecule has 0 amide bonds. The molecule has 1 aromatic heterocycles. The van der Waals surface area contributed by atoms with E-state index in [1.165, 1.54) is 0 Å². The number of imidazole rings is 1. The van der Waals surface area contributed by atoms with E-state index in [4.69, 9.17) is 0 Å². The Labute approximate surface area is 60.4 Å². The number of allylic oxidation sites excluding steroid dienone is 1. The quantitative estimate of drug-likeness (QED) is 0.641. The van der Waals surface area contributed by atoms with Crippen molar-refractivity contribution in [2.45, 2.75) is 6.92 Å². The van der Waals surface area contributed by atoms with Crippen LogP contribution >= 0.6 is 12.4 Å². The van der Waals surface area contributed by atoms with Crippen molar-refractivity contribution in [3.8, 4) is 0 Å². The van der Waals surface area contributed by atoms with Gasteiger partial charge in [0, 0.05) is 12.4 Å². The molecule has 1 N–H and O–H groups in total. The van der Waals surface area contributed by atoms with E-state index in [0.29, 0.717) is 0 Å². The van der Waals surface area contributed by atoms with Gasteiger partial charge >= 0.3 is 0 Å². The Morgan fingerprint density at radius 3 is 2.67 bits per heavy atom. The minimum absolute atomic E-state index is 0. The monoisotopic (exact) mass is 144 g/mol. The minimum atomic E-state index is 0. The van der Waals surface area contributed by atoms with Crippen molar-refractivity contribution in [3.63, 3.8) is 0 Å². The van der Waals surface area contributed by atoms with Crippen LogP contribution in [0.25, 0.3) is 5.57 Å². The molecule has 0 fully saturated rings. The zero-order valence-electron chi connectivity index (χ0n) is 5.22. The van der Waals surface area contributed by atoms with Crippen LogP contribution in [0.3, 0.4) is 0 Å². The van der Waals surface area contributed by atoms with Gasteiger partial charge in [-0.05, 0) is 12.5 Å². The summed E-state index contributed by atoms with van der Waals surface area (Å²) < 4.78 is 0. The van der Waals surface area contributed by atoms with E-state index in [9.17, 15) is 0 Å². The lowest BCUT2D eigenvalue weighted by Gasteiger charge is -1.86. The summed E-state index contributed by atoms with van der Waals surface area (Å²) in [6, 6.07) is 0. The Morgan fingerprint density at radius 1 is 1.78 bits per heavy atom. The number of hydrogen-bond acceptors (Lipinski definition) is 1. The van der Waals surface area contributed by atoms with Crippen LogP contribution in [0.2, 0.25) is 0 Å². The highest BCUT2D eigenvalue weighted by atomic mass is 35.5. The number of halogens is 1. The summed E-state index contributed by atoms with van der Waals surface area (Å²) >= 11 is 0. The minimum Gasteiger partial charge on any atom is -0.345 e. The molecular formula is C6H9ClN2. The van der Waals surface area contributed by atoms with E-state index in [1.54, 1.807) is 12.4 Å². The van der Waals surface area contributed by atoms with Gasteiger partial charge in [-0.25, -0.2) is 4.98 Å². The summed E-state index contributed by atoms with van der Waals surface area (Å²) in [5.41, 5.74) is 0.968. The molecule has 0 spiro atoms. The van der Waals surface area contributed by atoms with E-state index in [2.05, 4.69) is 16.5 Å². The molecule has 0 aliphatic carbocycles. The maximum absolute atomic E-state index is 3.96. The van der Waals surface area contributed by atoms with Crippen LogP contribution in [-0.2, 0) is 0 Å². The molecule has 0 bridgehead atoms. The number of nitrogens with zero attached hydrogens (tertiary/aromatic N) is 1. The highest BCUT2D eigenvalue weighted by Crippen LogP contribution is 2.01. The van der Waals surface area contributed by atoms with Crippen molar-refractivity contribution < 1.29 is 0 Å². The van der Waals surface area contributed by atoms with Crippen LogP contribution in [0.1, 0.15) is 12.7 Å². The molecule has 0 unspecified atom stereocenters. The Balaban J connectivity index is 0.000000640. The number of hydrogen-bond donors (Lipinski definition) is 1. The predicted octanol–water partition coefficient (Wildman–Crippen LogP) is 1.86. The number of aromatic nitrogens is 2. The lowest BCUT2D eigenvalue weighted by atomic mass is 10.3. The first-order chi connectivity index (χ1) is 3.80. The molecule has 9 heavy (non-hydrogen) atoms. The fourth-order valence-corrected chi connectivity index (χ4v) is 0.499. The van der Waals surface area contributed by atoms with Crippen molar-refractivity contribution in [1.29, 1.82) is 0 Å². The third kappa shape index (κ3) is 1.90. The second-order valence-corrected chi connectivity index (χ2v) is 1.72. The van der Waals surface area contributed by atoms with Gasteiger partial charge in [0.15, 0.2) is 0 Å². The molecule has 0 aromatic carbocycles. The fourth-order valence-electron chi connectivity index (χ4n) is 0.499. The first-order valence-electron chi connectivity index (χ1n) is 2.46. The number of H-pyrrole nitrogens is 1. The third-order valence-electron chi connectivity index (χ3n) is 0.902. The summed E-state index contributed by atoms with van der Waals surface area (Å²) in [5.74, 6) is 0.866. The topological polar surface area (TPSA) is 28.7 Å². The number of rotatable bonds is 1. The molecule has 50 valence electrons. The van der Waals surface area contributed by atoms with Gasteiger partial charge in [-0.2, -0.15) is 0 Å². The van der Waals surface area contributed by atoms with Crippen molar-refractivity contribution in [2.75, 3.05) is 0 Å². The van der Waals surface area contributed by atoms with Gasteiger partial charge in [-0.1, -0.05) is 6.58 Å². The van der Waals surface area contributed by atoms with Gasteiger partial charge in [0.1, 0.15) is 5.82 Å². The average molecular weight is 145 g/mol. The molecule has 1 aromatic rings. The van der Waals surface area contributed by atoms with Crippen LogP contribution < -0.4 is 0 Å². The third-order valence-corrected chi connectivity index (χ3v) is 0.902. The maximum Gasteiger partial charge on any atom is 0.132 e. The molecule has 0 aliphatic rings. The number of nitrogens with one attached hydrogen (secondary N) is 1. The molecule has 3 heteroatoms. The molecule has 0 radical (unpaired) electrons. The molecule has 0 atom stereocenters. The van der Waals surface area contributed by atoms with E-state index in [0.717, 1.165) is 11.4 Å². The van der Waals surface area contributed by atoms with Crippen molar-refractivity contribution in [1.82, 2.24) is 9.97 Å². The molecule has 1 rings (SSSR count). The highest BCUT2D eigenvalue weighted by molar-refractivity contribution is 5.85. The second kappa shape index (κ2) is 3.30. The largest absolute Gasteiger partial charge is 0.345 e. The summed E-state index contributed by atoms with van der Waals surface area (Å²) in [7, 11) is 0. The van der Waals surface area contributed by atoms with Crippen LogP contribution in [0, 0.1) is 0 Å². The van der Waals surface area contributed by atoms with Gasteiger partial charge in [-0.15, -0.1) is 12.4 Å². The summed E-state index contributed by atoms with van der Waals surface area (Å²) in [5, 5.41) is 0. The van der Waals surface area contributed by atoms with Crippen LogP contribution in [-0.4, -0.2) is 9.97 Å². The SMILES string of the molecule is C=C(C)c1ncc[nH]1.Cl. The van der Waals surface area contributed by atoms with Gasteiger partial charge in [-0.3, -0.25) is 0 Å². The maximum atomic E-state index is 3.96. The molecule has 0 saturated carbocycles. The Kier molecular flexibility index (Phi) is 3.02. The molecule has 0 aliphatic heterocycles. The van der Waals surface area contributed by atoms with Gasteiger partial charge in [0.25, 0.3) is 0 Å². The molecule has 1 heterocycles. The smallest absolute Gasteiger partial charge is 0.132 e. The lowest BCUT2D eigenvalue weighted by Crippen LogP contribution is -1.77. The first-order valence-corrected chi connectivity index (χ1v) is 2.46. The molecule has 2 nitrogen and oxygen atoms in total. The molecular weight excluding hydrogens is 136 g/mol. The zero-order chi connectivity index (χ0) is 5.98. The van der Waals surface area contributed by atoms with Crippen LogP contribution in [0.15, 0.2) is 19.0 Å². The highest BCUT2D eigenvalue weighted by Gasteiger charge is 1.89. The number of aromatic amines is 1. The lowest BCUT2D eigenvalue weighted by molar-refractivity contribution is 1.23. The Hall–Kier alpha value is -0.760. The normalized spacial score (nSPS) is 8.11. The second-order valence-electron chi connectivity index (χ2n) is 1.72. The van der Waals surface area contributed by atoms with E-state index in [1.807, 2.05) is 6.92 Å². The average Bonchev–Trinajstić information content (AvgIpc) is 2.12. The van der Waals surface area contributed by atoms with Crippen molar-refractivity contribution in [3.05, 3.63) is 24.8 Å². The summed E-state index contributed by atoms with van der Waals surface area (Å²) in [6.07, 6.45) is 3.49. The molecule has 0 saturated heterocycles. The van der Waals surface area contributed by atoms with E-state index in [-0.39, 0.29) is 12.4 Å². The van der Waals surface area contributed by atoms with E-state index < -0.39 is 0 Å². The zero-order valence-corrected chi connectivity index (χ0v) is 6.03. The fraction of sp³-hybridized carbons (Fsp3) is 0.167. The first kappa shape index (κ1) is 8.24. The van der Waals surface area contributed by atoms with Crippen LogP contribution in [0.5, 0.6) is 0 Å².